The van der Waals surface area contributed by atoms with Crippen LogP contribution in [0.1, 0.15) is 12.7 Å². The average molecular weight is 204 g/mol. The lowest BCUT2D eigenvalue weighted by Gasteiger charge is -1.98. The summed E-state index contributed by atoms with van der Waals surface area (Å²) in [5.41, 5.74) is 1.64. The lowest BCUT2D eigenvalue weighted by molar-refractivity contribution is -0.116. The molecule has 0 radical (unpaired) electrons. The van der Waals surface area contributed by atoms with E-state index in [9.17, 15) is 9.90 Å². The first kappa shape index (κ1) is 9.71. The number of Topliss-reactive ketones (excluding diaryl/α,β-unsaturated/α-hetero) is 1. The average Bonchev–Trinajstić information content (AvgIpc) is 2.42. The number of imidazole rings is 1. The van der Waals surface area contributed by atoms with Crippen molar-refractivity contribution < 1.29 is 9.90 Å². The summed E-state index contributed by atoms with van der Waals surface area (Å²) in [7, 11) is 1.87. The van der Waals surface area contributed by atoms with E-state index in [1.54, 1.807) is 18.2 Å². The van der Waals surface area contributed by atoms with Gasteiger partial charge in [-0.05, 0) is 19.1 Å². The van der Waals surface area contributed by atoms with Crippen molar-refractivity contribution in [3.8, 4) is 5.75 Å². The van der Waals surface area contributed by atoms with Crippen molar-refractivity contribution in [1.82, 2.24) is 9.55 Å². The number of phenols is 1. The number of benzene rings is 1. The molecule has 78 valence electrons. The molecule has 0 saturated carbocycles. The van der Waals surface area contributed by atoms with Crippen LogP contribution in [-0.4, -0.2) is 20.4 Å². The standard InChI is InChI=1S/C11H12N2O2/c1-7(14)5-11-12-9-6-8(15)3-4-10(9)13(11)2/h3-4,6,15H,5H2,1-2H3. The molecule has 1 heterocycles. The molecule has 2 rings (SSSR count). The molecular weight excluding hydrogens is 192 g/mol. The first-order chi connectivity index (χ1) is 7.08. The summed E-state index contributed by atoms with van der Waals surface area (Å²) < 4.78 is 1.87. The Morgan fingerprint density at radius 1 is 1.53 bits per heavy atom. The van der Waals surface area contributed by atoms with Crippen molar-refractivity contribution in [1.29, 1.82) is 0 Å². The number of rotatable bonds is 2. The molecule has 15 heavy (non-hydrogen) atoms. The second-order valence-electron chi connectivity index (χ2n) is 3.64. The van der Waals surface area contributed by atoms with Crippen molar-refractivity contribution >= 4 is 16.8 Å². The van der Waals surface area contributed by atoms with Gasteiger partial charge in [-0.3, -0.25) is 4.79 Å². The van der Waals surface area contributed by atoms with E-state index in [1.165, 1.54) is 6.92 Å². The molecule has 0 unspecified atom stereocenters. The number of phenolic OH excluding ortho intramolecular Hbond substituents is 1. The third-order valence-electron chi connectivity index (χ3n) is 2.36. The number of ketones is 1. The molecule has 4 heteroatoms. The Hall–Kier alpha value is -1.84. The van der Waals surface area contributed by atoms with Gasteiger partial charge in [0.1, 0.15) is 17.4 Å². The highest BCUT2D eigenvalue weighted by Gasteiger charge is 2.09. The maximum atomic E-state index is 11.0. The van der Waals surface area contributed by atoms with Crippen LogP contribution in [0.4, 0.5) is 0 Å². The fourth-order valence-corrected chi connectivity index (χ4v) is 1.62. The molecule has 0 aliphatic rings. The van der Waals surface area contributed by atoms with Gasteiger partial charge in [-0.25, -0.2) is 4.98 Å². The van der Waals surface area contributed by atoms with Gasteiger partial charge in [-0.1, -0.05) is 0 Å². The molecule has 0 fully saturated rings. The van der Waals surface area contributed by atoms with Crippen LogP contribution in [0.15, 0.2) is 18.2 Å². The topological polar surface area (TPSA) is 55.1 Å². The predicted molar refractivity (Wildman–Crippen MR) is 56.8 cm³/mol. The molecule has 0 spiro atoms. The zero-order valence-corrected chi connectivity index (χ0v) is 8.69. The Labute approximate surface area is 87.2 Å². The summed E-state index contributed by atoms with van der Waals surface area (Å²) in [6, 6.07) is 5.00. The molecule has 0 bridgehead atoms. The van der Waals surface area contributed by atoms with Crippen molar-refractivity contribution in [2.24, 2.45) is 7.05 Å². The first-order valence-electron chi connectivity index (χ1n) is 4.71. The third-order valence-corrected chi connectivity index (χ3v) is 2.36. The number of aryl methyl sites for hydroxylation is 1. The molecule has 1 N–H and O–H groups in total. The van der Waals surface area contributed by atoms with Crippen LogP contribution in [0, 0.1) is 0 Å². The second kappa shape index (κ2) is 3.38. The summed E-state index contributed by atoms with van der Waals surface area (Å²) in [5, 5.41) is 9.30. The Kier molecular flexibility index (Phi) is 2.19. The van der Waals surface area contributed by atoms with E-state index in [-0.39, 0.29) is 11.5 Å². The molecule has 2 aromatic rings. The quantitative estimate of drug-likeness (QED) is 0.804. The van der Waals surface area contributed by atoms with Gasteiger partial charge in [0.2, 0.25) is 0 Å². The number of fused-ring (bicyclic) bond motifs is 1. The summed E-state index contributed by atoms with van der Waals surface area (Å²) in [6.07, 6.45) is 0.325. The molecule has 0 aliphatic carbocycles. The lowest BCUT2D eigenvalue weighted by atomic mass is 10.3. The number of carbonyl (C=O) groups excluding carboxylic acids is 1. The Morgan fingerprint density at radius 2 is 2.27 bits per heavy atom. The highest BCUT2D eigenvalue weighted by molar-refractivity contribution is 5.81. The van der Waals surface area contributed by atoms with E-state index in [1.807, 2.05) is 11.6 Å². The van der Waals surface area contributed by atoms with Gasteiger partial charge in [-0.2, -0.15) is 0 Å². The Morgan fingerprint density at radius 3 is 2.93 bits per heavy atom. The summed E-state index contributed by atoms with van der Waals surface area (Å²) in [6.45, 7) is 1.54. The normalized spacial score (nSPS) is 10.8. The van der Waals surface area contributed by atoms with Crippen LogP contribution in [0.5, 0.6) is 5.75 Å². The Bertz CT molecular complexity index is 529. The number of hydrogen-bond acceptors (Lipinski definition) is 3. The molecular formula is C11H12N2O2. The molecule has 0 amide bonds. The number of nitrogens with zero attached hydrogens (tertiary/aromatic N) is 2. The van der Waals surface area contributed by atoms with Crippen molar-refractivity contribution in [3.05, 3.63) is 24.0 Å². The van der Waals surface area contributed by atoms with E-state index >= 15 is 0 Å². The van der Waals surface area contributed by atoms with E-state index in [0.717, 1.165) is 11.3 Å². The SMILES string of the molecule is CC(=O)Cc1nc2cc(O)ccc2n1C. The van der Waals surface area contributed by atoms with Gasteiger partial charge in [0.05, 0.1) is 17.5 Å². The minimum atomic E-state index is 0.0811. The smallest absolute Gasteiger partial charge is 0.137 e. The zero-order chi connectivity index (χ0) is 11.0. The van der Waals surface area contributed by atoms with Gasteiger partial charge in [0, 0.05) is 13.1 Å². The fraction of sp³-hybridized carbons (Fsp3) is 0.273. The van der Waals surface area contributed by atoms with E-state index in [0.29, 0.717) is 11.9 Å². The fourth-order valence-electron chi connectivity index (χ4n) is 1.62. The van der Waals surface area contributed by atoms with E-state index in [2.05, 4.69) is 4.98 Å². The minimum Gasteiger partial charge on any atom is -0.508 e. The minimum absolute atomic E-state index is 0.0811. The predicted octanol–water partition coefficient (Wildman–Crippen LogP) is 1.41. The van der Waals surface area contributed by atoms with Crippen LogP contribution < -0.4 is 0 Å². The van der Waals surface area contributed by atoms with Gasteiger partial charge >= 0.3 is 0 Å². The first-order valence-corrected chi connectivity index (χ1v) is 4.71. The highest BCUT2D eigenvalue weighted by atomic mass is 16.3. The van der Waals surface area contributed by atoms with Gasteiger partial charge < -0.3 is 9.67 Å². The maximum absolute atomic E-state index is 11.0. The zero-order valence-electron chi connectivity index (χ0n) is 8.69. The molecule has 0 atom stereocenters. The van der Waals surface area contributed by atoms with Gasteiger partial charge in [0.25, 0.3) is 0 Å². The van der Waals surface area contributed by atoms with Crippen LogP contribution in [0.2, 0.25) is 0 Å². The number of carbonyl (C=O) groups is 1. The van der Waals surface area contributed by atoms with Crippen LogP contribution in [0.3, 0.4) is 0 Å². The number of hydrogen-bond donors (Lipinski definition) is 1. The van der Waals surface area contributed by atoms with Crippen LogP contribution in [0.25, 0.3) is 11.0 Å². The van der Waals surface area contributed by atoms with Crippen molar-refractivity contribution in [3.63, 3.8) is 0 Å². The van der Waals surface area contributed by atoms with Crippen LogP contribution >= 0.6 is 0 Å². The van der Waals surface area contributed by atoms with E-state index in [4.69, 9.17) is 0 Å². The summed E-state index contributed by atoms with van der Waals surface area (Å²) in [4.78, 5) is 15.3. The molecule has 0 aliphatic heterocycles. The molecule has 1 aromatic carbocycles. The highest BCUT2D eigenvalue weighted by Crippen LogP contribution is 2.20. The third kappa shape index (κ3) is 1.70. The van der Waals surface area contributed by atoms with Crippen molar-refractivity contribution in [2.45, 2.75) is 13.3 Å². The lowest BCUT2D eigenvalue weighted by Crippen LogP contribution is -2.03. The molecule has 0 saturated heterocycles. The van der Waals surface area contributed by atoms with Gasteiger partial charge in [-0.15, -0.1) is 0 Å². The monoisotopic (exact) mass is 204 g/mol. The summed E-state index contributed by atoms with van der Waals surface area (Å²) in [5.74, 6) is 0.996. The number of aromatic hydroxyl groups is 1. The Balaban J connectivity index is 2.58. The van der Waals surface area contributed by atoms with Gasteiger partial charge in [0.15, 0.2) is 0 Å². The van der Waals surface area contributed by atoms with E-state index < -0.39 is 0 Å². The van der Waals surface area contributed by atoms with Crippen molar-refractivity contribution in [2.75, 3.05) is 0 Å². The largest absolute Gasteiger partial charge is 0.508 e. The second-order valence-corrected chi connectivity index (χ2v) is 3.64. The number of aromatic nitrogens is 2. The summed E-state index contributed by atoms with van der Waals surface area (Å²) >= 11 is 0. The molecule has 1 aromatic heterocycles. The maximum Gasteiger partial charge on any atom is 0.137 e. The van der Waals surface area contributed by atoms with Crippen LogP contribution in [-0.2, 0) is 18.3 Å². The molecule has 4 nitrogen and oxygen atoms in total.